The molecule has 2 fully saturated rings. The first-order chi connectivity index (χ1) is 26.6. The molecule has 5 rings (SSSR count). The van der Waals surface area contributed by atoms with Crippen LogP contribution in [0.5, 0.6) is 0 Å². The molecule has 1 saturated carbocycles. The second-order valence-electron chi connectivity index (χ2n) is 16.1. The summed E-state index contributed by atoms with van der Waals surface area (Å²) in [5, 5.41) is 18.8. The standard InChI is InChI=1S/C42H54N6O8/c1-42(2,3)47-41(55)34-22-28-14-7-8-15-29(28)24-48(34)25-35(56-38(52)20-19-37(50)51)32(21-26-11-5-4-6-12-26)45-40(54)33(23-36(43)49)46-39(53)31-18-17-27-13-9-10-16-30(27)44-31/h4-6,9-13,16-18,28-29,32-35H,7-8,14-15,19-25H2,1-3H3,(H2,43,49)(H,45,54)(H,46,53)(H,47,55)(H,50,51)/t28-,29+,32-,33-,34-,35+/m0/s1. The summed E-state index contributed by atoms with van der Waals surface area (Å²) in [6, 6.07) is 16.8. The predicted molar refractivity (Wildman–Crippen MR) is 209 cm³/mol. The molecule has 3 aromatic rings. The Morgan fingerprint density at radius 3 is 2.30 bits per heavy atom. The van der Waals surface area contributed by atoms with Gasteiger partial charge < -0.3 is 31.5 Å². The summed E-state index contributed by atoms with van der Waals surface area (Å²) in [6.07, 6.45) is 2.52. The van der Waals surface area contributed by atoms with Crippen molar-refractivity contribution >= 4 is 46.5 Å². The van der Waals surface area contributed by atoms with E-state index in [2.05, 4.69) is 20.9 Å². The van der Waals surface area contributed by atoms with E-state index in [1.807, 2.05) is 68.1 Å². The second kappa shape index (κ2) is 19.0. The number of pyridine rings is 1. The average molecular weight is 771 g/mol. The number of primary amides is 1. The fourth-order valence-corrected chi connectivity index (χ4v) is 7.80. The van der Waals surface area contributed by atoms with Crippen molar-refractivity contribution < 1.29 is 38.6 Å². The van der Waals surface area contributed by atoms with Crippen LogP contribution in [0.3, 0.4) is 0 Å². The molecule has 14 heteroatoms. The molecule has 6 N–H and O–H groups in total. The van der Waals surface area contributed by atoms with Crippen molar-refractivity contribution in [2.45, 2.75) is 108 Å². The molecule has 0 radical (unpaired) electrons. The highest BCUT2D eigenvalue weighted by Gasteiger charge is 2.43. The van der Waals surface area contributed by atoms with Crippen LogP contribution < -0.4 is 21.7 Å². The van der Waals surface area contributed by atoms with Crippen LogP contribution in [-0.4, -0.2) is 93.4 Å². The Bertz CT molecular complexity index is 1880. The zero-order valence-electron chi connectivity index (χ0n) is 32.4. The van der Waals surface area contributed by atoms with Crippen LogP contribution in [0.1, 0.15) is 88.2 Å². The number of hydrogen-bond acceptors (Lipinski definition) is 9. The predicted octanol–water partition coefficient (Wildman–Crippen LogP) is 3.51. The number of aliphatic carboxylic acids is 1. The number of fused-ring (bicyclic) bond motifs is 2. The monoisotopic (exact) mass is 770 g/mol. The summed E-state index contributed by atoms with van der Waals surface area (Å²) in [5.74, 6) is -3.69. The normalized spacial score (nSPS) is 20.1. The number of carboxylic acids is 1. The lowest BCUT2D eigenvalue weighted by Crippen LogP contribution is -2.61. The number of nitrogens with zero attached hydrogens (tertiary/aromatic N) is 2. The van der Waals surface area contributed by atoms with Gasteiger partial charge in [0.15, 0.2) is 0 Å². The quantitative estimate of drug-likeness (QED) is 0.134. The van der Waals surface area contributed by atoms with Gasteiger partial charge in [-0.05, 0) is 69.6 Å². The number of ether oxygens (including phenoxy) is 1. The lowest BCUT2D eigenvalue weighted by molar-refractivity contribution is -0.156. The molecule has 6 atom stereocenters. The maximum atomic E-state index is 14.2. The highest BCUT2D eigenvalue weighted by atomic mass is 16.5. The third kappa shape index (κ3) is 12.1. The van der Waals surface area contributed by atoms with E-state index in [0.29, 0.717) is 30.3 Å². The molecule has 1 aromatic heterocycles. The Balaban J connectivity index is 1.47. The summed E-state index contributed by atoms with van der Waals surface area (Å²) < 4.78 is 6.08. The highest BCUT2D eigenvalue weighted by molar-refractivity contribution is 5.99. The van der Waals surface area contributed by atoms with Crippen LogP contribution in [0.15, 0.2) is 66.7 Å². The van der Waals surface area contributed by atoms with Crippen molar-refractivity contribution in [3.63, 3.8) is 0 Å². The van der Waals surface area contributed by atoms with E-state index in [1.54, 1.807) is 18.2 Å². The van der Waals surface area contributed by atoms with Crippen molar-refractivity contribution in [1.29, 1.82) is 0 Å². The molecule has 300 valence electrons. The number of carbonyl (C=O) groups is 6. The van der Waals surface area contributed by atoms with Gasteiger partial charge in [-0.15, -0.1) is 0 Å². The summed E-state index contributed by atoms with van der Waals surface area (Å²) in [4.78, 5) is 85.1. The molecule has 1 aliphatic heterocycles. The van der Waals surface area contributed by atoms with Gasteiger partial charge in [-0.2, -0.15) is 0 Å². The molecule has 2 aliphatic rings. The van der Waals surface area contributed by atoms with E-state index in [-0.39, 0.29) is 24.6 Å². The van der Waals surface area contributed by atoms with Gasteiger partial charge in [0.1, 0.15) is 17.8 Å². The lowest BCUT2D eigenvalue weighted by Gasteiger charge is -2.47. The summed E-state index contributed by atoms with van der Waals surface area (Å²) >= 11 is 0. The van der Waals surface area contributed by atoms with Crippen molar-refractivity contribution in [3.05, 3.63) is 78.0 Å². The van der Waals surface area contributed by atoms with Crippen LogP contribution in [0.4, 0.5) is 0 Å². The second-order valence-corrected chi connectivity index (χ2v) is 16.1. The van der Waals surface area contributed by atoms with Gasteiger partial charge in [-0.3, -0.25) is 33.7 Å². The summed E-state index contributed by atoms with van der Waals surface area (Å²) in [7, 11) is 0. The molecule has 0 spiro atoms. The van der Waals surface area contributed by atoms with E-state index in [4.69, 9.17) is 10.5 Å². The molecular weight excluding hydrogens is 716 g/mol. The Hall–Kier alpha value is -5.37. The van der Waals surface area contributed by atoms with Crippen molar-refractivity contribution in [3.8, 4) is 0 Å². The number of rotatable bonds is 16. The first-order valence-corrected chi connectivity index (χ1v) is 19.4. The molecule has 1 aliphatic carbocycles. The molecule has 0 bridgehead atoms. The Kier molecular flexibility index (Phi) is 14.2. The van der Waals surface area contributed by atoms with Gasteiger partial charge >= 0.3 is 11.9 Å². The van der Waals surface area contributed by atoms with Crippen LogP contribution >= 0.6 is 0 Å². The minimum Gasteiger partial charge on any atom is -0.481 e. The van der Waals surface area contributed by atoms with Crippen molar-refractivity contribution in [2.24, 2.45) is 17.6 Å². The number of carboxylic acid groups (broad SMARTS) is 1. The highest BCUT2D eigenvalue weighted by Crippen LogP contribution is 2.39. The summed E-state index contributed by atoms with van der Waals surface area (Å²) in [5.41, 5.74) is 6.46. The largest absolute Gasteiger partial charge is 0.481 e. The zero-order chi connectivity index (χ0) is 40.4. The number of carbonyl (C=O) groups excluding carboxylic acids is 5. The molecule has 1 saturated heterocycles. The maximum absolute atomic E-state index is 14.2. The molecule has 2 heterocycles. The topological polar surface area (TPSA) is 210 Å². The van der Waals surface area contributed by atoms with E-state index in [0.717, 1.165) is 36.6 Å². The molecule has 4 amide bonds. The first kappa shape index (κ1) is 41.8. The smallest absolute Gasteiger partial charge is 0.306 e. The van der Waals surface area contributed by atoms with Gasteiger partial charge in [0.25, 0.3) is 5.91 Å². The van der Waals surface area contributed by atoms with E-state index in [9.17, 15) is 33.9 Å². The van der Waals surface area contributed by atoms with Crippen molar-refractivity contribution in [1.82, 2.24) is 25.8 Å². The van der Waals surface area contributed by atoms with Gasteiger partial charge in [0.2, 0.25) is 17.7 Å². The average Bonchev–Trinajstić information content (AvgIpc) is 3.15. The van der Waals surface area contributed by atoms with Crippen molar-refractivity contribution in [2.75, 3.05) is 13.1 Å². The molecule has 2 aromatic carbocycles. The van der Waals surface area contributed by atoms with Crippen LogP contribution in [0, 0.1) is 11.8 Å². The third-order valence-electron chi connectivity index (χ3n) is 10.5. The maximum Gasteiger partial charge on any atom is 0.306 e. The minimum atomic E-state index is -1.42. The minimum absolute atomic E-state index is 0.0303. The van der Waals surface area contributed by atoms with Gasteiger partial charge in [-0.25, -0.2) is 4.98 Å². The number of para-hydroxylation sites is 1. The Morgan fingerprint density at radius 1 is 0.911 bits per heavy atom. The van der Waals surface area contributed by atoms with Gasteiger partial charge in [-0.1, -0.05) is 73.9 Å². The number of amides is 4. The van der Waals surface area contributed by atoms with E-state index in [1.165, 1.54) is 6.07 Å². The number of hydrogen-bond donors (Lipinski definition) is 5. The van der Waals surface area contributed by atoms with Crippen LogP contribution in [-0.2, 0) is 35.1 Å². The van der Waals surface area contributed by atoms with Gasteiger partial charge in [0.05, 0.1) is 36.9 Å². The number of piperidine rings is 1. The molecule has 56 heavy (non-hydrogen) atoms. The molecule has 0 unspecified atom stereocenters. The molecule has 14 nitrogen and oxygen atoms in total. The number of nitrogens with two attached hydrogens (primary N) is 1. The summed E-state index contributed by atoms with van der Waals surface area (Å²) in [6.45, 7) is 6.36. The zero-order valence-corrected chi connectivity index (χ0v) is 32.4. The SMILES string of the molecule is CC(C)(C)NC(=O)[C@@H]1C[C@@H]2CCCC[C@@H]2CN1C[C@@H](OC(=O)CCC(=O)O)[C@H](Cc1ccccc1)NC(=O)[C@H](CC(N)=O)NC(=O)c1ccc2ccccc2n1. The number of likely N-dealkylation sites (tertiary alicyclic amines) is 1. The first-order valence-electron chi connectivity index (χ1n) is 19.4. The van der Waals surface area contributed by atoms with Crippen LogP contribution in [0.2, 0.25) is 0 Å². The number of aromatic nitrogens is 1. The van der Waals surface area contributed by atoms with E-state index >= 15 is 0 Å². The number of benzene rings is 2. The fourth-order valence-electron chi connectivity index (χ4n) is 7.80. The van der Waals surface area contributed by atoms with Gasteiger partial charge in [0, 0.05) is 24.0 Å². The third-order valence-corrected chi connectivity index (χ3v) is 10.5. The number of esters is 1. The molecular formula is C42H54N6O8. The fraction of sp³-hybridized carbons (Fsp3) is 0.500. The lowest BCUT2D eigenvalue weighted by atomic mass is 9.72. The van der Waals surface area contributed by atoms with E-state index < -0.39 is 78.7 Å². The Morgan fingerprint density at radius 2 is 1.61 bits per heavy atom. The van der Waals surface area contributed by atoms with Crippen LogP contribution in [0.25, 0.3) is 10.9 Å². The Labute approximate surface area is 327 Å². The number of nitrogens with one attached hydrogen (secondary N) is 3.